The third-order valence-corrected chi connectivity index (χ3v) is 6.63. The van der Waals surface area contributed by atoms with Crippen LogP contribution in [0.15, 0.2) is 48.8 Å². The van der Waals surface area contributed by atoms with E-state index >= 15 is 0 Å². The fourth-order valence-corrected chi connectivity index (χ4v) is 4.24. The lowest BCUT2D eigenvalue weighted by Crippen LogP contribution is -2.04. The summed E-state index contributed by atoms with van der Waals surface area (Å²) < 4.78 is 28.1. The summed E-state index contributed by atoms with van der Waals surface area (Å²) >= 11 is 0. The highest BCUT2D eigenvalue weighted by molar-refractivity contribution is 7.70. The summed E-state index contributed by atoms with van der Waals surface area (Å²) in [4.78, 5) is 12.2. The molecule has 0 amide bonds. The molecule has 0 saturated carbocycles. The van der Waals surface area contributed by atoms with Gasteiger partial charge in [0.05, 0.1) is 0 Å². The van der Waals surface area contributed by atoms with Crippen molar-refractivity contribution in [2.45, 2.75) is 13.8 Å². The minimum Gasteiger partial charge on any atom is -0.338 e. The molecule has 0 fully saturated rings. The maximum atomic E-state index is 14.2. The van der Waals surface area contributed by atoms with Crippen molar-refractivity contribution in [3.05, 3.63) is 71.6 Å². The van der Waals surface area contributed by atoms with Crippen LogP contribution in [0, 0.1) is 19.9 Å². The highest BCUT2D eigenvalue weighted by Crippen LogP contribution is 2.35. The molecule has 2 aromatic heterocycles. The van der Waals surface area contributed by atoms with Crippen LogP contribution in [-0.2, 0) is 4.57 Å². The van der Waals surface area contributed by atoms with E-state index in [-0.39, 0.29) is 5.82 Å². The normalized spacial score (nSPS) is 12.0. The number of benzene rings is 2. The summed E-state index contributed by atoms with van der Waals surface area (Å²) in [5, 5.41) is 3.87. The molecule has 4 aromatic rings. The van der Waals surface area contributed by atoms with E-state index in [1.807, 2.05) is 44.3 Å². The van der Waals surface area contributed by atoms with Gasteiger partial charge in [-0.25, -0.2) is 4.98 Å². The van der Waals surface area contributed by atoms with Gasteiger partial charge >= 0.3 is 6.08 Å². The summed E-state index contributed by atoms with van der Waals surface area (Å²) in [6, 6.07) is 13.3. The average molecular weight is 435 g/mol. The number of rotatable bonds is 5. The molecule has 158 valence electrons. The van der Waals surface area contributed by atoms with E-state index in [1.54, 1.807) is 48.5 Å². The molecule has 0 unspecified atom stereocenters. The molecule has 2 aromatic carbocycles. The highest BCUT2D eigenvalue weighted by Gasteiger charge is 2.14. The number of nitrogens with one attached hydrogen (secondary N) is 1. The van der Waals surface area contributed by atoms with Crippen molar-refractivity contribution in [1.82, 2.24) is 19.5 Å². The number of anilines is 2. The number of aryl methyl sites for hydroxylation is 2. The Balaban J connectivity index is 1.68. The van der Waals surface area contributed by atoms with Gasteiger partial charge in [-0.1, -0.05) is 18.2 Å². The van der Waals surface area contributed by atoms with Crippen LogP contribution in [0.5, 0.6) is 0 Å². The van der Waals surface area contributed by atoms with Crippen LogP contribution in [0.4, 0.5) is 15.9 Å². The van der Waals surface area contributed by atoms with Gasteiger partial charge in [0.15, 0.2) is 17.0 Å². The van der Waals surface area contributed by atoms with E-state index in [1.165, 1.54) is 0 Å². The van der Waals surface area contributed by atoms with E-state index in [4.69, 9.17) is 0 Å². The fourth-order valence-electron chi connectivity index (χ4n) is 3.37. The minimum atomic E-state index is -2.34. The number of imidazole rings is 1. The van der Waals surface area contributed by atoms with E-state index in [0.717, 1.165) is 22.0 Å². The summed E-state index contributed by atoms with van der Waals surface area (Å²) in [6.45, 7) is 7.53. The first-order chi connectivity index (χ1) is 14.7. The van der Waals surface area contributed by atoms with Gasteiger partial charge in [0.25, 0.3) is 0 Å². The third kappa shape index (κ3) is 4.42. The first kappa shape index (κ1) is 20.9. The zero-order valence-corrected chi connectivity index (χ0v) is 18.7. The fraction of sp³-hybridized carbons (Fsp3) is 0.174. The Bertz CT molecular complexity index is 1320. The van der Waals surface area contributed by atoms with Crippen molar-refractivity contribution in [3.8, 4) is 0 Å². The van der Waals surface area contributed by atoms with Crippen molar-refractivity contribution in [3.63, 3.8) is 0 Å². The van der Waals surface area contributed by atoms with Gasteiger partial charge in [-0.2, -0.15) is 14.4 Å². The van der Waals surface area contributed by atoms with Crippen molar-refractivity contribution in [1.29, 1.82) is 0 Å². The molecule has 31 heavy (non-hydrogen) atoms. The van der Waals surface area contributed by atoms with Crippen LogP contribution in [0.3, 0.4) is 0 Å². The Labute approximate surface area is 180 Å². The second-order valence-corrected chi connectivity index (χ2v) is 11.0. The monoisotopic (exact) mass is 435 g/mol. The molecule has 4 rings (SSSR count). The maximum absolute atomic E-state index is 14.2. The molecular formula is C23H23FN5OP. The molecule has 0 radical (unpaired) electrons. The van der Waals surface area contributed by atoms with Crippen LogP contribution in [0.1, 0.15) is 16.7 Å². The topological polar surface area (TPSA) is 72.7 Å². The van der Waals surface area contributed by atoms with Gasteiger partial charge in [-0.15, -0.1) is 0 Å². The molecule has 8 heteroatoms. The molecule has 0 atom stereocenters. The van der Waals surface area contributed by atoms with E-state index < -0.39 is 13.2 Å². The van der Waals surface area contributed by atoms with Crippen LogP contribution in [-0.4, -0.2) is 32.8 Å². The molecule has 0 bridgehead atoms. The Hall–Kier alpha value is -3.31. The van der Waals surface area contributed by atoms with Crippen LogP contribution in [0.2, 0.25) is 0 Å². The number of halogens is 1. The molecule has 0 spiro atoms. The Morgan fingerprint density at radius 1 is 1.03 bits per heavy atom. The van der Waals surface area contributed by atoms with Gasteiger partial charge in [0, 0.05) is 17.2 Å². The summed E-state index contributed by atoms with van der Waals surface area (Å²) in [5.74, 6) is 0.269. The Morgan fingerprint density at radius 3 is 2.35 bits per heavy atom. The number of hydrogen-bond acceptors (Lipinski definition) is 5. The van der Waals surface area contributed by atoms with Gasteiger partial charge in [0.1, 0.15) is 13.5 Å². The largest absolute Gasteiger partial charge is 0.338 e. The number of fused-ring (bicyclic) bond motifs is 1. The lowest BCUT2D eigenvalue weighted by atomic mass is 10.0. The SMILES string of the molecule is Cc1cccc(C)c1C=Cn1cnc2c(Nc3ccc(P(C)(C)=O)cc3)nc(F)nc21. The van der Waals surface area contributed by atoms with Gasteiger partial charge < -0.3 is 9.88 Å². The Kier molecular flexibility index (Phi) is 5.46. The Morgan fingerprint density at radius 2 is 1.71 bits per heavy atom. The third-order valence-electron chi connectivity index (χ3n) is 5.09. The van der Waals surface area contributed by atoms with Gasteiger partial charge in [-0.3, -0.25) is 4.57 Å². The molecule has 0 aliphatic rings. The second kappa shape index (κ2) is 8.08. The number of aromatic nitrogens is 4. The minimum absolute atomic E-state index is 0.269. The van der Waals surface area contributed by atoms with Crippen LogP contribution < -0.4 is 10.6 Å². The molecule has 1 N–H and O–H groups in total. The number of nitrogens with zero attached hydrogens (tertiary/aromatic N) is 4. The summed E-state index contributed by atoms with van der Waals surface area (Å²) in [5.41, 5.74) is 4.90. The standard InChI is InChI=1S/C23H23FN5OP/c1-15-6-5-7-16(2)19(15)12-13-29-14-25-20-21(27-23(24)28-22(20)29)26-17-8-10-18(11-9-17)31(3,4)30/h5-14H,1-4H3,(H,26,27,28). The first-order valence-electron chi connectivity index (χ1n) is 9.79. The predicted molar refractivity (Wildman–Crippen MR) is 125 cm³/mol. The van der Waals surface area contributed by atoms with E-state index in [0.29, 0.717) is 16.9 Å². The van der Waals surface area contributed by atoms with E-state index in [9.17, 15) is 8.96 Å². The highest BCUT2D eigenvalue weighted by atomic mass is 31.2. The zero-order valence-electron chi connectivity index (χ0n) is 17.8. The smallest absolute Gasteiger partial charge is 0.312 e. The van der Waals surface area contributed by atoms with Crippen molar-refractivity contribution < 1.29 is 8.96 Å². The van der Waals surface area contributed by atoms with Crippen LogP contribution >= 0.6 is 7.14 Å². The molecular weight excluding hydrogens is 412 g/mol. The second-order valence-electron chi connectivity index (χ2n) is 7.81. The van der Waals surface area contributed by atoms with Gasteiger partial charge in [0.2, 0.25) is 0 Å². The lowest BCUT2D eigenvalue weighted by Gasteiger charge is -2.10. The van der Waals surface area contributed by atoms with Crippen LogP contribution in [0.25, 0.3) is 23.4 Å². The molecule has 6 nitrogen and oxygen atoms in total. The van der Waals surface area contributed by atoms with E-state index in [2.05, 4.69) is 20.3 Å². The molecule has 0 aliphatic heterocycles. The van der Waals surface area contributed by atoms with Crippen molar-refractivity contribution >= 4 is 47.4 Å². The maximum Gasteiger partial charge on any atom is 0.312 e. The van der Waals surface area contributed by atoms with Crippen molar-refractivity contribution in [2.75, 3.05) is 18.6 Å². The summed E-state index contributed by atoms with van der Waals surface area (Å²) in [7, 11) is -2.34. The lowest BCUT2D eigenvalue weighted by molar-refractivity contribution is 0.545. The molecule has 0 saturated heterocycles. The number of hydrogen-bond donors (Lipinski definition) is 1. The molecule has 2 heterocycles. The zero-order chi connectivity index (χ0) is 22.2. The van der Waals surface area contributed by atoms with Gasteiger partial charge in [-0.05, 0) is 74.2 Å². The predicted octanol–water partition coefficient (Wildman–Crippen LogP) is 5.20. The molecule has 0 aliphatic carbocycles. The quantitative estimate of drug-likeness (QED) is 0.345. The van der Waals surface area contributed by atoms with Crippen molar-refractivity contribution in [2.24, 2.45) is 0 Å². The average Bonchev–Trinajstić information content (AvgIpc) is 3.10. The summed E-state index contributed by atoms with van der Waals surface area (Å²) in [6.07, 6.45) is 4.52. The first-order valence-corrected chi connectivity index (χ1v) is 12.4.